The smallest absolute Gasteiger partial charge is 0.234 e. The minimum Gasteiger partial charge on any atom is -0.368 e. The molecule has 1 aromatic rings. The largest absolute Gasteiger partial charge is 0.368 e. The predicted molar refractivity (Wildman–Crippen MR) is 77.9 cm³/mol. The normalized spacial score (nSPS) is 21.8. The van der Waals surface area contributed by atoms with E-state index in [1.807, 2.05) is 0 Å². The van der Waals surface area contributed by atoms with Crippen LogP contribution in [0.1, 0.15) is 56.7 Å². The van der Waals surface area contributed by atoms with Crippen molar-refractivity contribution in [1.29, 1.82) is 0 Å². The highest BCUT2D eigenvalue weighted by molar-refractivity contribution is 5.80. The minimum absolute atomic E-state index is 0.0974. The molecular weight excluding hydrogens is 236 g/mol. The molecule has 2 atom stereocenters. The number of primary amides is 1. The van der Waals surface area contributed by atoms with Gasteiger partial charge in [0.05, 0.1) is 6.04 Å². The Bertz CT molecular complexity index is 439. The average Bonchev–Trinajstić information content (AvgIpc) is 2.87. The number of carbonyl (C=O) groups excluding carboxylic acids is 1. The molecule has 1 saturated heterocycles. The van der Waals surface area contributed by atoms with Gasteiger partial charge < -0.3 is 5.73 Å². The summed E-state index contributed by atoms with van der Waals surface area (Å²) in [7, 11) is 0. The standard InChI is InChI=1S/C16H24N2O/c1-11(2)13-6-8-14(9-7-13)12(3)18-10-4-5-15(18)16(17)19/h6-9,11-12,15H,4-5,10H2,1-3H3,(H2,17,19)/t12-,15?/m0/s1. The van der Waals surface area contributed by atoms with Crippen LogP contribution in [0.25, 0.3) is 0 Å². The molecule has 0 saturated carbocycles. The fourth-order valence-corrected chi connectivity index (χ4v) is 2.91. The van der Waals surface area contributed by atoms with E-state index in [1.54, 1.807) is 0 Å². The zero-order valence-electron chi connectivity index (χ0n) is 12.1. The first kappa shape index (κ1) is 14.1. The Morgan fingerprint density at radius 1 is 1.21 bits per heavy atom. The Hall–Kier alpha value is -1.35. The van der Waals surface area contributed by atoms with E-state index < -0.39 is 0 Å². The van der Waals surface area contributed by atoms with Crippen LogP contribution in [0.3, 0.4) is 0 Å². The molecule has 1 unspecified atom stereocenters. The summed E-state index contributed by atoms with van der Waals surface area (Å²) in [5, 5.41) is 0. The molecule has 0 aromatic heterocycles. The van der Waals surface area contributed by atoms with Crippen LogP contribution < -0.4 is 5.73 Å². The second-order valence-electron chi connectivity index (χ2n) is 5.80. The molecule has 1 amide bonds. The quantitative estimate of drug-likeness (QED) is 0.905. The summed E-state index contributed by atoms with van der Waals surface area (Å²) in [5.74, 6) is 0.359. The molecule has 1 aromatic carbocycles. The summed E-state index contributed by atoms with van der Waals surface area (Å²) in [5.41, 5.74) is 8.10. The average molecular weight is 260 g/mol. The molecule has 19 heavy (non-hydrogen) atoms. The topological polar surface area (TPSA) is 46.3 Å². The second kappa shape index (κ2) is 5.74. The van der Waals surface area contributed by atoms with E-state index in [1.165, 1.54) is 11.1 Å². The third-order valence-corrected chi connectivity index (χ3v) is 4.21. The predicted octanol–water partition coefficient (Wildman–Crippen LogP) is 2.82. The third kappa shape index (κ3) is 2.98. The van der Waals surface area contributed by atoms with Gasteiger partial charge in [-0.15, -0.1) is 0 Å². The van der Waals surface area contributed by atoms with E-state index in [4.69, 9.17) is 5.73 Å². The monoisotopic (exact) mass is 260 g/mol. The van der Waals surface area contributed by atoms with Crippen molar-refractivity contribution in [3.8, 4) is 0 Å². The van der Waals surface area contributed by atoms with Crippen molar-refractivity contribution < 1.29 is 4.79 Å². The van der Waals surface area contributed by atoms with E-state index in [2.05, 4.69) is 49.9 Å². The Morgan fingerprint density at radius 3 is 2.32 bits per heavy atom. The molecule has 2 N–H and O–H groups in total. The molecule has 0 radical (unpaired) electrons. The molecule has 1 fully saturated rings. The molecule has 0 spiro atoms. The zero-order valence-corrected chi connectivity index (χ0v) is 12.1. The lowest BCUT2D eigenvalue weighted by atomic mass is 9.99. The van der Waals surface area contributed by atoms with E-state index in [0.29, 0.717) is 5.92 Å². The van der Waals surface area contributed by atoms with Gasteiger partial charge in [-0.1, -0.05) is 38.1 Å². The molecule has 104 valence electrons. The second-order valence-corrected chi connectivity index (χ2v) is 5.80. The molecule has 1 heterocycles. The van der Waals surface area contributed by atoms with Gasteiger partial charge >= 0.3 is 0 Å². The van der Waals surface area contributed by atoms with Gasteiger partial charge in [-0.2, -0.15) is 0 Å². The van der Waals surface area contributed by atoms with Crippen LogP contribution in [-0.2, 0) is 4.79 Å². The van der Waals surface area contributed by atoms with Crippen LogP contribution in [0.4, 0.5) is 0 Å². The fraction of sp³-hybridized carbons (Fsp3) is 0.562. The van der Waals surface area contributed by atoms with E-state index in [-0.39, 0.29) is 18.0 Å². The van der Waals surface area contributed by atoms with Crippen LogP contribution in [0, 0.1) is 0 Å². The molecular formula is C16H24N2O. The highest BCUT2D eigenvalue weighted by Crippen LogP contribution is 2.29. The maximum atomic E-state index is 11.5. The highest BCUT2D eigenvalue weighted by atomic mass is 16.1. The number of benzene rings is 1. The number of hydrogen-bond donors (Lipinski definition) is 1. The molecule has 0 aliphatic carbocycles. The summed E-state index contributed by atoms with van der Waals surface area (Å²) in [6.07, 6.45) is 1.95. The maximum Gasteiger partial charge on any atom is 0.234 e. The highest BCUT2D eigenvalue weighted by Gasteiger charge is 2.32. The summed E-state index contributed by atoms with van der Waals surface area (Å²) < 4.78 is 0. The third-order valence-electron chi connectivity index (χ3n) is 4.21. The van der Waals surface area contributed by atoms with Gasteiger partial charge in [0.1, 0.15) is 0 Å². The van der Waals surface area contributed by atoms with Crippen molar-refractivity contribution in [1.82, 2.24) is 4.90 Å². The van der Waals surface area contributed by atoms with Crippen LogP contribution in [0.2, 0.25) is 0 Å². The lowest BCUT2D eigenvalue weighted by Gasteiger charge is -2.29. The van der Waals surface area contributed by atoms with Crippen LogP contribution in [-0.4, -0.2) is 23.4 Å². The lowest BCUT2D eigenvalue weighted by molar-refractivity contribution is -0.122. The van der Waals surface area contributed by atoms with Crippen molar-refractivity contribution in [2.45, 2.75) is 51.6 Å². The van der Waals surface area contributed by atoms with Crippen LogP contribution in [0.5, 0.6) is 0 Å². The van der Waals surface area contributed by atoms with Gasteiger partial charge in [0.2, 0.25) is 5.91 Å². The van der Waals surface area contributed by atoms with Crippen molar-refractivity contribution in [3.05, 3.63) is 35.4 Å². The SMILES string of the molecule is CC(C)c1ccc([C@H](C)N2CCCC2C(N)=O)cc1. The first-order valence-corrected chi connectivity index (χ1v) is 7.15. The van der Waals surface area contributed by atoms with Crippen molar-refractivity contribution in [2.75, 3.05) is 6.54 Å². The van der Waals surface area contributed by atoms with Gasteiger partial charge in [0.25, 0.3) is 0 Å². The summed E-state index contributed by atoms with van der Waals surface area (Å²) in [6, 6.07) is 8.88. The Kier molecular flexibility index (Phi) is 4.25. The van der Waals surface area contributed by atoms with Crippen molar-refractivity contribution in [2.24, 2.45) is 5.73 Å². The maximum absolute atomic E-state index is 11.5. The molecule has 3 heteroatoms. The van der Waals surface area contributed by atoms with Crippen LogP contribution >= 0.6 is 0 Å². The molecule has 0 bridgehead atoms. The number of hydrogen-bond acceptors (Lipinski definition) is 2. The Morgan fingerprint density at radius 2 is 1.79 bits per heavy atom. The number of likely N-dealkylation sites (tertiary alicyclic amines) is 1. The van der Waals surface area contributed by atoms with Gasteiger partial charge in [0, 0.05) is 6.04 Å². The first-order chi connectivity index (χ1) is 9.00. The lowest BCUT2D eigenvalue weighted by Crippen LogP contribution is -2.41. The number of amides is 1. The number of carbonyl (C=O) groups is 1. The summed E-state index contributed by atoms with van der Waals surface area (Å²) in [6.45, 7) is 7.51. The van der Waals surface area contributed by atoms with Crippen LogP contribution in [0.15, 0.2) is 24.3 Å². The van der Waals surface area contributed by atoms with Gasteiger partial charge in [-0.25, -0.2) is 0 Å². The summed E-state index contributed by atoms with van der Waals surface area (Å²) >= 11 is 0. The Balaban J connectivity index is 2.14. The molecule has 1 aliphatic heterocycles. The molecule has 3 nitrogen and oxygen atoms in total. The van der Waals surface area contributed by atoms with Crippen molar-refractivity contribution in [3.63, 3.8) is 0 Å². The fourth-order valence-electron chi connectivity index (χ4n) is 2.91. The first-order valence-electron chi connectivity index (χ1n) is 7.15. The van der Waals surface area contributed by atoms with Gasteiger partial charge in [0.15, 0.2) is 0 Å². The van der Waals surface area contributed by atoms with Crippen molar-refractivity contribution >= 4 is 5.91 Å². The zero-order chi connectivity index (χ0) is 14.0. The molecule has 2 rings (SSSR count). The summed E-state index contributed by atoms with van der Waals surface area (Å²) in [4.78, 5) is 13.7. The number of nitrogens with zero attached hydrogens (tertiary/aromatic N) is 1. The number of nitrogens with two attached hydrogens (primary N) is 1. The minimum atomic E-state index is -0.192. The van der Waals surface area contributed by atoms with E-state index >= 15 is 0 Å². The number of rotatable bonds is 4. The van der Waals surface area contributed by atoms with E-state index in [9.17, 15) is 4.79 Å². The van der Waals surface area contributed by atoms with Gasteiger partial charge in [-0.3, -0.25) is 9.69 Å². The van der Waals surface area contributed by atoms with E-state index in [0.717, 1.165) is 19.4 Å². The Labute approximate surface area is 115 Å². The van der Waals surface area contributed by atoms with Gasteiger partial charge in [-0.05, 0) is 43.4 Å². The molecule has 1 aliphatic rings.